The van der Waals surface area contributed by atoms with Crippen molar-refractivity contribution in [2.45, 2.75) is 13.0 Å². The molecule has 0 aliphatic rings. The van der Waals surface area contributed by atoms with Crippen molar-refractivity contribution in [2.75, 3.05) is 14.2 Å². The van der Waals surface area contributed by atoms with Crippen LogP contribution >= 0.6 is 0 Å². The normalized spacial score (nSPS) is 13.0. The maximum Gasteiger partial charge on any atom is 0.120 e. The molecule has 0 spiro atoms. The topological polar surface area (TPSA) is 37.0 Å². The van der Waals surface area contributed by atoms with E-state index in [1.165, 1.54) is 11.1 Å². The molecule has 1 unspecified atom stereocenters. The van der Waals surface area contributed by atoms with Gasteiger partial charge >= 0.3 is 0 Å². The Morgan fingerprint density at radius 2 is 2.13 bits per heavy atom. The van der Waals surface area contributed by atoms with Gasteiger partial charge in [-0.25, -0.2) is 0 Å². The Bertz CT molecular complexity index is 462. The summed E-state index contributed by atoms with van der Waals surface area (Å²) in [6, 6.07) is 8.56. The van der Waals surface area contributed by atoms with Crippen LogP contribution in [0, 0.1) is 0 Å². The summed E-state index contributed by atoms with van der Waals surface area (Å²) in [5, 5.41) is 4.42. The average molecular weight is 204 g/mol. The first-order valence-corrected chi connectivity index (χ1v) is 5.08. The Morgan fingerprint density at radius 3 is 2.80 bits per heavy atom. The van der Waals surface area contributed by atoms with Gasteiger partial charge in [0.15, 0.2) is 0 Å². The first kappa shape index (κ1) is 10.1. The Labute approximate surface area is 89.4 Å². The number of aromatic nitrogens is 1. The van der Waals surface area contributed by atoms with Crippen molar-refractivity contribution < 1.29 is 4.74 Å². The van der Waals surface area contributed by atoms with Crippen molar-refractivity contribution in [3.63, 3.8) is 0 Å². The van der Waals surface area contributed by atoms with Crippen LogP contribution in [0.15, 0.2) is 24.3 Å². The molecule has 0 radical (unpaired) electrons. The number of nitrogens with one attached hydrogen (secondary N) is 2. The predicted molar refractivity (Wildman–Crippen MR) is 62.3 cm³/mol. The van der Waals surface area contributed by atoms with Gasteiger partial charge in [0.1, 0.15) is 5.75 Å². The van der Waals surface area contributed by atoms with Gasteiger partial charge in [0.05, 0.1) is 7.11 Å². The summed E-state index contributed by atoms with van der Waals surface area (Å²) in [6.45, 7) is 2.13. The molecule has 15 heavy (non-hydrogen) atoms. The molecular formula is C12H16N2O. The summed E-state index contributed by atoms with van der Waals surface area (Å²) >= 11 is 0. The number of ether oxygens (including phenoxy) is 1. The van der Waals surface area contributed by atoms with Crippen molar-refractivity contribution in [1.82, 2.24) is 10.3 Å². The van der Waals surface area contributed by atoms with Crippen molar-refractivity contribution in [3.8, 4) is 5.75 Å². The van der Waals surface area contributed by atoms with E-state index in [2.05, 4.69) is 29.4 Å². The minimum absolute atomic E-state index is 0.336. The largest absolute Gasteiger partial charge is 0.497 e. The van der Waals surface area contributed by atoms with E-state index < -0.39 is 0 Å². The van der Waals surface area contributed by atoms with Gasteiger partial charge in [0, 0.05) is 23.3 Å². The third-order valence-electron chi connectivity index (χ3n) is 2.75. The minimum Gasteiger partial charge on any atom is -0.497 e. The summed E-state index contributed by atoms with van der Waals surface area (Å²) in [5.41, 5.74) is 2.31. The molecule has 1 aromatic heterocycles. The molecule has 1 aromatic carbocycles. The predicted octanol–water partition coefficient (Wildman–Crippen LogP) is 2.46. The van der Waals surface area contributed by atoms with Gasteiger partial charge in [-0.3, -0.25) is 0 Å². The summed E-state index contributed by atoms with van der Waals surface area (Å²) in [7, 11) is 3.64. The lowest BCUT2D eigenvalue weighted by Gasteiger charge is -2.06. The molecule has 0 bridgehead atoms. The average Bonchev–Trinajstić information content (AvgIpc) is 2.70. The summed E-state index contributed by atoms with van der Waals surface area (Å²) in [6.07, 6.45) is 0. The molecule has 3 heteroatoms. The Balaban J connectivity index is 2.46. The van der Waals surface area contributed by atoms with Crippen LogP contribution in [-0.4, -0.2) is 19.1 Å². The summed E-state index contributed by atoms with van der Waals surface area (Å²) < 4.78 is 5.18. The van der Waals surface area contributed by atoms with E-state index in [1.807, 2.05) is 19.2 Å². The van der Waals surface area contributed by atoms with Crippen molar-refractivity contribution in [1.29, 1.82) is 0 Å². The second kappa shape index (κ2) is 3.95. The van der Waals surface area contributed by atoms with E-state index in [9.17, 15) is 0 Å². The SMILES string of the molecule is CNC(C)c1cc2ccc(OC)cc2[nH]1. The van der Waals surface area contributed by atoms with Gasteiger partial charge in [0.25, 0.3) is 0 Å². The van der Waals surface area contributed by atoms with Crippen LogP contribution in [0.3, 0.4) is 0 Å². The Hall–Kier alpha value is -1.48. The highest BCUT2D eigenvalue weighted by atomic mass is 16.5. The van der Waals surface area contributed by atoms with E-state index in [0.717, 1.165) is 11.3 Å². The number of methoxy groups -OCH3 is 1. The van der Waals surface area contributed by atoms with E-state index in [4.69, 9.17) is 4.74 Å². The first-order valence-electron chi connectivity index (χ1n) is 5.08. The van der Waals surface area contributed by atoms with E-state index in [1.54, 1.807) is 7.11 Å². The molecule has 0 aliphatic carbocycles. The molecule has 2 aromatic rings. The van der Waals surface area contributed by atoms with Gasteiger partial charge in [-0.2, -0.15) is 0 Å². The van der Waals surface area contributed by atoms with Gasteiger partial charge in [-0.15, -0.1) is 0 Å². The second-order valence-electron chi connectivity index (χ2n) is 3.69. The first-order chi connectivity index (χ1) is 7.24. The standard InChI is InChI=1S/C12H16N2O/c1-8(13-2)11-6-9-4-5-10(15-3)7-12(9)14-11/h4-8,13-14H,1-3H3. The smallest absolute Gasteiger partial charge is 0.120 e. The fraction of sp³-hybridized carbons (Fsp3) is 0.333. The van der Waals surface area contributed by atoms with Crippen molar-refractivity contribution in [2.24, 2.45) is 0 Å². The summed E-state index contributed by atoms with van der Waals surface area (Å²) in [4.78, 5) is 3.38. The molecule has 3 nitrogen and oxygen atoms in total. The highest BCUT2D eigenvalue weighted by Gasteiger charge is 2.06. The van der Waals surface area contributed by atoms with E-state index in [0.29, 0.717) is 6.04 Å². The maximum absolute atomic E-state index is 5.18. The van der Waals surface area contributed by atoms with Gasteiger partial charge in [-0.1, -0.05) is 0 Å². The van der Waals surface area contributed by atoms with E-state index >= 15 is 0 Å². The van der Waals surface area contributed by atoms with Crippen LogP contribution in [0.4, 0.5) is 0 Å². The minimum atomic E-state index is 0.336. The van der Waals surface area contributed by atoms with Crippen LogP contribution in [0.1, 0.15) is 18.7 Å². The fourth-order valence-electron chi connectivity index (χ4n) is 1.64. The molecule has 0 saturated heterocycles. The molecule has 0 amide bonds. The third kappa shape index (κ3) is 1.83. The lowest BCUT2D eigenvalue weighted by atomic mass is 10.2. The summed E-state index contributed by atoms with van der Waals surface area (Å²) in [5.74, 6) is 0.882. The lowest BCUT2D eigenvalue weighted by Crippen LogP contribution is -2.12. The fourth-order valence-corrected chi connectivity index (χ4v) is 1.64. The van der Waals surface area contributed by atoms with Gasteiger partial charge in [-0.05, 0) is 37.6 Å². The number of rotatable bonds is 3. The zero-order valence-electron chi connectivity index (χ0n) is 9.29. The lowest BCUT2D eigenvalue weighted by molar-refractivity contribution is 0.415. The highest BCUT2D eigenvalue weighted by Crippen LogP contribution is 2.23. The van der Waals surface area contributed by atoms with Crippen LogP contribution in [0.2, 0.25) is 0 Å². The molecule has 0 fully saturated rings. The number of fused-ring (bicyclic) bond motifs is 1. The molecule has 1 heterocycles. The third-order valence-corrected chi connectivity index (χ3v) is 2.75. The quantitative estimate of drug-likeness (QED) is 0.805. The number of aromatic amines is 1. The molecule has 1 atom stereocenters. The van der Waals surface area contributed by atoms with Gasteiger partial charge in [0.2, 0.25) is 0 Å². The molecule has 80 valence electrons. The Morgan fingerprint density at radius 1 is 1.33 bits per heavy atom. The van der Waals surface area contributed by atoms with Crippen LogP contribution < -0.4 is 10.1 Å². The zero-order chi connectivity index (χ0) is 10.8. The molecule has 0 aliphatic heterocycles. The highest BCUT2D eigenvalue weighted by molar-refractivity contribution is 5.81. The second-order valence-corrected chi connectivity index (χ2v) is 3.69. The zero-order valence-corrected chi connectivity index (χ0v) is 9.29. The maximum atomic E-state index is 5.18. The monoisotopic (exact) mass is 204 g/mol. The molecule has 0 saturated carbocycles. The van der Waals surface area contributed by atoms with Crippen LogP contribution in [-0.2, 0) is 0 Å². The number of hydrogen-bond donors (Lipinski definition) is 2. The number of benzene rings is 1. The molecular weight excluding hydrogens is 188 g/mol. The van der Waals surface area contributed by atoms with Gasteiger partial charge < -0.3 is 15.0 Å². The van der Waals surface area contributed by atoms with Crippen molar-refractivity contribution in [3.05, 3.63) is 30.0 Å². The van der Waals surface area contributed by atoms with Crippen LogP contribution in [0.5, 0.6) is 5.75 Å². The number of H-pyrrole nitrogens is 1. The number of hydrogen-bond acceptors (Lipinski definition) is 2. The molecule has 2 rings (SSSR count). The molecule has 2 N–H and O–H groups in total. The van der Waals surface area contributed by atoms with Crippen LogP contribution in [0.25, 0.3) is 10.9 Å². The van der Waals surface area contributed by atoms with E-state index in [-0.39, 0.29) is 0 Å². The van der Waals surface area contributed by atoms with Crippen molar-refractivity contribution >= 4 is 10.9 Å². The Kier molecular flexibility index (Phi) is 2.64.